The van der Waals surface area contributed by atoms with Crippen molar-refractivity contribution in [3.63, 3.8) is 0 Å². The third-order valence-corrected chi connectivity index (χ3v) is 2.22. The van der Waals surface area contributed by atoms with Crippen molar-refractivity contribution in [3.05, 3.63) is 59.9 Å². The van der Waals surface area contributed by atoms with Crippen LogP contribution in [0, 0.1) is 0 Å². The molecule has 0 saturated heterocycles. The molecule has 1 aromatic carbocycles. The van der Waals surface area contributed by atoms with E-state index in [-0.39, 0.29) is 5.78 Å². The lowest BCUT2D eigenvalue weighted by Gasteiger charge is -1.91. The molecular formula is C13H12N2O. The smallest absolute Gasteiger partial charge is 0.189 e. The zero-order valence-corrected chi connectivity index (χ0v) is 9.00. The molecule has 0 bridgehead atoms. The Morgan fingerprint density at radius 3 is 2.69 bits per heavy atom. The second-order valence-electron chi connectivity index (χ2n) is 3.51. The summed E-state index contributed by atoms with van der Waals surface area (Å²) in [7, 11) is 1.79. The van der Waals surface area contributed by atoms with Gasteiger partial charge in [-0.05, 0) is 11.6 Å². The minimum absolute atomic E-state index is 0.0306. The van der Waals surface area contributed by atoms with E-state index >= 15 is 0 Å². The van der Waals surface area contributed by atoms with E-state index in [1.807, 2.05) is 30.3 Å². The first-order chi connectivity index (χ1) is 7.75. The van der Waals surface area contributed by atoms with Crippen molar-refractivity contribution in [3.8, 4) is 0 Å². The molecule has 0 radical (unpaired) electrons. The van der Waals surface area contributed by atoms with Crippen molar-refractivity contribution in [2.75, 3.05) is 0 Å². The van der Waals surface area contributed by atoms with Crippen molar-refractivity contribution >= 4 is 11.9 Å². The summed E-state index contributed by atoms with van der Waals surface area (Å²) in [6.45, 7) is 0. The summed E-state index contributed by atoms with van der Waals surface area (Å²) in [5.74, 6) is -0.0306. The average Bonchev–Trinajstić information content (AvgIpc) is 2.74. The minimum atomic E-state index is -0.0306. The highest BCUT2D eigenvalue weighted by molar-refractivity contribution is 6.06. The van der Waals surface area contributed by atoms with Crippen LogP contribution in [0.25, 0.3) is 6.08 Å². The summed E-state index contributed by atoms with van der Waals surface area (Å²) in [5, 5.41) is 3.95. The van der Waals surface area contributed by atoms with Crippen LogP contribution in [0.1, 0.15) is 15.9 Å². The monoisotopic (exact) mass is 212 g/mol. The molecule has 2 aromatic rings. The van der Waals surface area contributed by atoms with Gasteiger partial charge in [0.25, 0.3) is 0 Å². The van der Waals surface area contributed by atoms with E-state index in [0.29, 0.717) is 5.56 Å². The van der Waals surface area contributed by atoms with Crippen molar-refractivity contribution in [2.45, 2.75) is 0 Å². The molecule has 0 aliphatic heterocycles. The minimum Gasteiger partial charge on any atom is -0.289 e. The highest BCUT2D eigenvalue weighted by Crippen LogP contribution is 2.04. The summed E-state index contributed by atoms with van der Waals surface area (Å²) in [5.41, 5.74) is 1.62. The van der Waals surface area contributed by atoms with Gasteiger partial charge in [0.05, 0.1) is 11.8 Å². The van der Waals surface area contributed by atoms with Gasteiger partial charge in [0, 0.05) is 13.2 Å². The number of carbonyl (C=O) groups is 1. The zero-order valence-electron chi connectivity index (χ0n) is 9.00. The van der Waals surface area contributed by atoms with Crippen molar-refractivity contribution < 1.29 is 4.79 Å². The molecule has 0 spiro atoms. The number of aromatic nitrogens is 2. The number of hydrogen-bond donors (Lipinski definition) is 0. The van der Waals surface area contributed by atoms with E-state index < -0.39 is 0 Å². The number of ketones is 1. The highest BCUT2D eigenvalue weighted by atomic mass is 16.1. The fraction of sp³-hybridized carbons (Fsp3) is 0.0769. The van der Waals surface area contributed by atoms with Crippen LogP contribution in [-0.4, -0.2) is 15.6 Å². The third kappa shape index (κ3) is 2.45. The molecule has 80 valence electrons. The fourth-order valence-corrected chi connectivity index (χ4v) is 1.38. The molecule has 1 heterocycles. The number of nitrogens with zero attached hydrogens (tertiary/aromatic N) is 2. The Labute approximate surface area is 94.0 Å². The molecule has 0 unspecified atom stereocenters. The molecular weight excluding hydrogens is 200 g/mol. The Balaban J connectivity index is 2.11. The first-order valence-corrected chi connectivity index (χ1v) is 5.02. The third-order valence-electron chi connectivity index (χ3n) is 2.22. The largest absolute Gasteiger partial charge is 0.289 e. The topological polar surface area (TPSA) is 34.9 Å². The van der Waals surface area contributed by atoms with Gasteiger partial charge in [-0.25, -0.2) is 0 Å². The lowest BCUT2D eigenvalue weighted by molar-refractivity contribution is 0.104. The summed E-state index contributed by atoms with van der Waals surface area (Å²) >= 11 is 0. The first-order valence-electron chi connectivity index (χ1n) is 5.02. The maximum absolute atomic E-state index is 11.7. The molecule has 0 amide bonds. The standard InChI is InChI=1S/C13H12N2O/c1-15-10-12(9-14-15)13(16)8-7-11-5-3-2-4-6-11/h2-10H,1H3. The number of allylic oxidation sites excluding steroid dienone is 1. The molecule has 1 aromatic heterocycles. The predicted molar refractivity (Wildman–Crippen MR) is 63.0 cm³/mol. The van der Waals surface area contributed by atoms with Crippen LogP contribution in [0.4, 0.5) is 0 Å². The van der Waals surface area contributed by atoms with E-state index in [9.17, 15) is 4.79 Å². The molecule has 16 heavy (non-hydrogen) atoms. The Bertz CT molecular complexity index is 512. The predicted octanol–water partition coefficient (Wildman–Crippen LogP) is 2.32. The van der Waals surface area contributed by atoms with Crippen LogP contribution in [0.3, 0.4) is 0 Å². The molecule has 0 saturated carbocycles. The van der Waals surface area contributed by atoms with Gasteiger partial charge in [-0.3, -0.25) is 9.48 Å². The van der Waals surface area contributed by atoms with Gasteiger partial charge in [-0.2, -0.15) is 5.10 Å². The molecule has 2 rings (SSSR count). The van der Waals surface area contributed by atoms with E-state index in [1.54, 1.807) is 36.3 Å². The second kappa shape index (κ2) is 4.57. The highest BCUT2D eigenvalue weighted by Gasteiger charge is 2.02. The first kappa shape index (κ1) is 10.4. The number of benzene rings is 1. The van der Waals surface area contributed by atoms with Crippen LogP contribution in [-0.2, 0) is 7.05 Å². The van der Waals surface area contributed by atoms with Gasteiger partial charge >= 0.3 is 0 Å². The lowest BCUT2D eigenvalue weighted by Crippen LogP contribution is -1.91. The average molecular weight is 212 g/mol. The Morgan fingerprint density at radius 2 is 2.06 bits per heavy atom. The number of aryl methyl sites for hydroxylation is 1. The number of hydrogen-bond acceptors (Lipinski definition) is 2. The second-order valence-corrected chi connectivity index (χ2v) is 3.51. The summed E-state index contributed by atoms with van der Waals surface area (Å²) < 4.78 is 1.61. The maximum Gasteiger partial charge on any atom is 0.189 e. The van der Waals surface area contributed by atoms with Crippen molar-refractivity contribution in [1.29, 1.82) is 0 Å². The van der Waals surface area contributed by atoms with Crippen LogP contribution >= 0.6 is 0 Å². The normalized spacial score (nSPS) is 10.8. The van der Waals surface area contributed by atoms with Crippen LogP contribution in [0.15, 0.2) is 48.8 Å². The molecule has 0 atom stereocenters. The van der Waals surface area contributed by atoms with Crippen LogP contribution in [0.5, 0.6) is 0 Å². The molecule has 3 heteroatoms. The quantitative estimate of drug-likeness (QED) is 0.578. The van der Waals surface area contributed by atoms with Gasteiger partial charge < -0.3 is 0 Å². The molecule has 0 aliphatic rings. The van der Waals surface area contributed by atoms with Crippen LogP contribution in [0.2, 0.25) is 0 Å². The van der Waals surface area contributed by atoms with E-state index in [4.69, 9.17) is 0 Å². The summed E-state index contributed by atoms with van der Waals surface area (Å²) in [6, 6.07) is 9.72. The molecule has 3 nitrogen and oxygen atoms in total. The Kier molecular flexibility index (Phi) is 2.96. The fourth-order valence-electron chi connectivity index (χ4n) is 1.38. The van der Waals surface area contributed by atoms with E-state index in [1.165, 1.54) is 0 Å². The maximum atomic E-state index is 11.7. The summed E-state index contributed by atoms with van der Waals surface area (Å²) in [4.78, 5) is 11.7. The van der Waals surface area contributed by atoms with Gasteiger partial charge in [0.2, 0.25) is 0 Å². The molecule has 0 aliphatic carbocycles. The number of carbonyl (C=O) groups excluding carboxylic acids is 1. The Morgan fingerprint density at radius 1 is 1.31 bits per heavy atom. The molecule has 0 N–H and O–H groups in total. The van der Waals surface area contributed by atoms with Gasteiger partial charge in [0.1, 0.15) is 0 Å². The van der Waals surface area contributed by atoms with Crippen LogP contribution < -0.4 is 0 Å². The Hall–Kier alpha value is -2.16. The SMILES string of the molecule is Cn1cc(C(=O)C=Cc2ccccc2)cn1. The van der Waals surface area contributed by atoms with Gasteiger partial charge in [-0.15, -0.1) is 0 Å². The molecule has 0 fully saturated rings. The van der Waals surface area contributed by atoms with Crippen molar-refractivity contribution in [2.24, 2.45) is 7.05 Å². The van der Waals surface area contributed by atoms with E-state index in [2.05, 4.69) is 5.10 Å². The number of rotatable bonds is 3. The van der Waals surface area contributed by atoms with Crippen molar-refractivity contribution in [1.82, 2.24) is 9.78 Å². The lowest BCUT2D eigenvalue weighted by atomic mass is 10.1. The summed E-state index contributed by atoms with van der Waals surface area (Å²) in [6.07, 6.45) is 6.64. The zero-order chi connectivity index (χ0) is 11.4. The van der Waals surface area contributed by atoms with E-state index in [0.717, 1.165) is 5.56 Å². The van der Waals surface area contributed by atoms with Gasteiger partial charge in [-0.1, -0.05) is 36.4 Å². The van der Waals surface area contributed by atoms with Gasteiger partial charge in [0.15, 0.2) is 5.78 Å².